The standard InChI is InChI=1S/C17H24N4O3/c1-9(2)14-12(8-23-20-14)7-18-17(22)15-13-6-10(3)24-11(4)16(13)21(5)19-15/h8-11H,6-7H2,1-5H3,(H,18,22)/t10-,11+/m0/s1. The van der Waals surface area contributed by atoms with Gasteiger partial charge in [0.05, 0.1) is 23.6 Å². The van der Waals surface area contributed by atoms with E-state index in [0.29, 0.717) is 18.7 Å². The number of fused-ring (bicyclic) bond motifs is 1. The lowest BCUT2D eigenvalue weighted by Gasteiger charge is -2.26. The lowest BCUT2D eigenvalue weighted by molar-refractivity contribution is -0.00903. The van der Waals surface area contributed by atoms with Crippen molar-refractivity contribution in [1.29, 1.82) is 0 Å². The molecule has 24 heavy (non-hydrogen) atoms. The molecular weight excluding hydrogens is 308 g/mol. The monoisotopic (exact) mass is 332 g/mol. The van der Waals surface area contributed by atoms with Gasteiger partial charge in [-0.3, -0.25) is 9.48 Å². The zero-order valence-corrected chi connectivity index (χ0v) is 14.8. The summed E-state index contributed by atoms with van der Waals surface area (Å²) in [4.78, 5) is 12.6. The number of nitrogens with one attached hydrogen (secondary N) is 1. The molecule has 0 saturated carbocycles. The number of hydrogen-bond donors (Lipinski definition) is 1. The van der Waals surface area contributed by atoms with Crippen molar-refractivity contribution in [1.82, 2.24) is 20.3 Å². The van der Waals surface area contributed by atoms with Crippen LogP contribution in [0.1, 0.15) is 72.7 Å². The van der Waals surface area contributed by atoms with Gasteiger partial charge < -0.3 is 14.6 Å². The maximum Gasteiger partial charge on any atom is 0.272 e. The third kappa shape index (κ3) is 2.96. The molecule has 0 unspecified atom stereocenters. The Balaban J connectivity index is 1.79. The van der Waals surface area contributed by atoms with Gasteiger partial charge in [0.1, 0.15) is 6.26 Å². The van der Waals surface area contributed by atoms with Gasteiger partial charge >= 0.3 is 0 Å². The van der Waals surface area contributed by atoms with Gasteiger partial charge in [0, 0.05) is 31.1 Å². The first kappa shape index (κ1) is 16.7. The highest BCUT2D eigenvalue weighted by Crippen LogP contribution is 2.31. The van der Waals surface area contributed by atoms with E-state index in [1.807, 2.05) is 34.7 Å². The molecule has 3 rings (SSSR count). The van der Waals surface area contributed by atoms with Crippen molar-refractivity contribution in [3.8, 4) is 0 Å². The average Bonchev–Trinajstić information content (AvgIpc) is 3.09. The molecule has 7 nitrogen and oxygen atoms in total. The van der Waals surface area contributed by atoms with Gasteiger partial charge in [-0.25, -0.2) is 0 Å². The van der Waals surface area contributed by atoms with E-state index < -0.39 is 0 Å². The second kappa shape index (κ2) is 6.39. The highest BCUT2D eigenvalue weighted by Gasteiger charge is 2.31. The average molecular weight is 332 g/mol. The van der Waals surface area contributed by atoms with E-state index in [9.17, 15) is 4.79 Å². The molecule has 0 aliphatic carbocycles. The van der Waals surface area contributed by atoms with Crippen molar-refractivity contribution >= 4 is 5.91 Å². The zero-order valence-electron chi connectivity index (χ0n) is 14.8. The summed E-state index contributed by atoms with van der Waals surface area (Å²) < 4.78 is 12.6. The molecule has 0 radical (unpaired) electrons. The van der Waals surface area contributed by atoms with Crippen LogP contribution in [0.2, 0.25) is 0 Å². The number of aryl methyl sites for hydroxylation is 1. The van der Waals surface area contributed by atoms with Crippen LogP contribution < -0.4 is 5.32 Å². The molecule has 3 heterocycles. The van der Waals surface area contributed by atoms with Crippen LogP contribution in [0.5, 0.6) is 0 Å². The number of nitrogens with zero attached hydrogens (tertiary/aromatic N) is 3. The van der Waals surface area contributed by atoms with E-state index >= 15 is 0 Å². The number of amides is 1. The van der Waals surface area contributed by atoms with E-state index in [4.69, 9.17) is 9.26 Å². The summed E-state index contributed by atoms with van der Waals surface area (Å²) >= 11 is 0. The number of hydrogen-bond acceptors (Lipinski definition) is 5. The van der Waals surface area contributed by atoms with Crippen LogP contribution in [-0.4, -0.2) is 26.9 Å². The molecule has 2 aromatic heterocycles. The second-order valence-corrected chi connectivity index (χ2v) is 6.69. The normalized spacial score (nSPS) is 20.2. The SMILES string of the molecule is CC(C)c1nocc1CNC(=O)c1nn(C)c2c1C[C@H](C)O[C@@H]2C. The first-order chi connectivity index (χ1) is 11.4. The number of rotatable bonds is 4. The molecule has 0 fully saturated rings. The molecular formula is C17H24N4O3. The van der Waals surface area contributed by atoms with Crippen molar-refractivity contribution < 1.29 is 14.1 Å². The van der Waals surface area contributed by atoms with E-state index in [0.717, 1.165) is 22.5 Å². The molecule has 0 spiro atoms. The van der Waals surface area contributed by atoms with Gasteiger partial charge in [-0.05, 0) is 19.8 Å². The molecule has 130 valence electrons. The summed E-state index contributed by atoms with van der Waals surface area (Å²) in [6.45, 7) is 8.47. The lowest BCUT2D eigenvalue weighted by Crippen LogP contribution is -2.27. The number of ether oxygens (including phenoxy) is 1. The lowest BCUT2D eigenvalue weighted by atomic mass is 9.99. The van der Waals surface area contributed by atoms with E-state index in [1.54, 1.807) is 10.9 Å². The first-order valence-corrected chi connectivity index (χ1v) is 8.31. The Labute approximate surface area is 141 Å². The Morgan fingerprint density at radius 1 is 1.46 bits per heavy atom. The quantitative estimate of drug-likeness (QED) is 0.930. The van der Waals surface area contributed by atoms with Crippen molar-refractivity contribution in [2.45, 2.75) is 58.8 Å². The number of carbonyl (C=O) groups excluding carboxylic acids is 1. The molecule has 1 amide bonds. The Morgan fingerprint density at radius 2 is 2.21 bits per heavy atom. The predicted octanol–water partition coefficient (Wildman–Crippen LogP) is 2.48. The third-order valence-electron chi connectivity index (χ3n) is 4.38. The molecule has 0 saturated heterocycles. The molecule has 1 aliphatic heterocycles. The van der Waals surface area contributed by atoms with Crippen molar-refractivity contribution in [3.05, 3.63) is 34.5 Å². The second-order valence-electron chi connectivity index (χ2n) is 6.69. The zero-order chi connectivity index (χ0) is 17.4. The molecule has 7 heteroatoms. The summed E-state index contributed by atoms with van der Waals surface area (Å²) in [5, 5.41) is 11.4. The Bertz CT molecular complexity index is 747. The Kier molecular flexibility index (Phi) is 4.45. The molecule has 2 aromatic rings. The van der Waals surface area contributed by atoms with Gasteiger partial charge in [-0.1, -0.05) is 19.0 Å². The maximum absolute atomic E-state index is 12.6. The van der Waals surface area contributed by atoms with Crippen LogP contribution in [0.3, 0.4) is 0 Å². The van der Waals surface area contributed by atoms with Crippen LogP contribution >= 0.6 is 0 Å². The number of carbonyl (C=O) groups is 1. The van der Waals surface area contributed by atoms with Crippen LogP contribution in [0.4, 0.5) is 0 Å². The van der Waals surface area contributed by atoms with Gasteiger partial charge in [0.15, 0.2) is 5.69 Å². The van der Waals surface area contributed by atoms with Crippen LogP contribution in [-0.2, 0) is 24.8 Å². The minimum atomic E-state index is -0.177. The first-order valence-electron chi connectivity index (χ1n) is 8.31. The fourth-order valence-electron chi connectivity index (χ4n) is 3.35. The summed E-state index contributed by atoms with van der Waals surface area (Å²) in [6, 6.07) is 0. The summed E-state index contributed by atoms with van der Waals surface area (Å²) in [5.74, 6) is 0.0705. The molecule has 1 aliphatic rings. The fraction of sp³-hybridized carbons (Fsp3) is 0.588. The minimum Gasteiger partial charge on any atom is -0.369 e. The molecule has 2 atom stereocenters. The van der Waals surface area contributed by atoms with E-state index in [1.165, 1.54) is 0 Å². The van der Waals surface area contributed by atoms with E-state index in [-0.39, 0.29) is 24.0 Å². The van der Waals surface area contributed by atoms with Gasteiger partial charge in [-0.2, -0.15) is 5.10 Å². The van der Waals surface area contributed by atoms with Crippen molar-refractivity contribution in [3.63, 3.8) is 0 Å². The van der Waals surface area contributed by atoms with Crippen LogP contribution in [0, 0.1) is 0 Å². The van der Waals surface area contributed by atoms with E-state index in [2.05, 4.69) is 15.6 Å². The minimum absolute atomic E-state index is 0.0617. The van der Waals surface area contributed by atoms with Crippen LogP contribution in [0.15, 0.2) is 10.8 Å². The predicted molar refractivity (Wildman–Crippen MR) is 87.6 cm³/mol. The maximum atomic E-state index is 12.6. The Hall–Kier alpha value is -2.15. The number of aromatic nitrogens is 3. The fourth-order valence-corrected chi connectivity index (χ4v) is 3.35. The smallest absolute Gasteiger partial charge is 0.272 e. The molecule has 1 N–H and O–H groups in total. The highest BCUT2D eigenvalue weighted by molar-refractivity contribution is 5.94. The third-order valence-corrected chi connectivity index (χ3v) is 4.38. The summed E-state index contributed by atoms with van der Waals surface area (Å²) in [6.07, 6.45) is 2.30. The van der Waals surface area contributed by atoms with Gasteiger partial charge in [0.2, 0.25) is 0 Å². The summed E-state index contributed by atoms with van der Waals surface area (Å²) in [5.41, 5.74) is 4.21. The van der Waals surface area contributed by atoms with Crippen molar-refractivity contribution in [2.24, 2.45) is 7.05 Å². The highest BCUT2D eigenvalue weighted by atomic mass is 16.5. The largest absolute Gasteiger partial charge is 0.369 e. The molecule has 0 aromatic carbocycles. The summed E-state index contributed by atoms with van der Waals surface area (Å²) in [7, 11) is 1.85. The van der Waals surface area contributed by atoms with Crippen molar-refractivity contribution in [2.75, 3.05) is 0 Å². The molecule has 0 bridgehead atoms. The van der Waals surface area contributed by atoms with Gasteiger partial charge in [-0.15, -0.1) is 0 Å². The topological polar surface area (TPSA) is 82.2 Å². The van der Waals surface area contributed by atoms with Crippen LogP contribution in [0.25, 0.3) is 0 Å². The Morgan fingerprint density at radius 3 is 2.92 bits per heavy atom. The van der Waals surface area contributed by atoms with Gasteiger partial charge in [0.25, 0.3) is 5.91 Å².